The van der Waals surface area contributed by atoms with Crippen molar-refractivity contribution in [3.8, 4) is 6.07 Å². The highest BCUT2D eigenvalue weighted by atomic mass is 32.2. The van der Waals surface area contributed by atoms with Gasteiger partial charge in [0.1, 0.15) is 6.54 Å². The lowest BCUT2D eigenvalue weighted by Gasteiger charge is -2.22. The number of rotatable bonds is 6. The predicted molar refractivity (Wildman–Crippen MR) is 103 cm³/mol. The zero-order valence-corrected chi connectivity index (χ0v) is 15.6. The third kappa shape index (κ3) is 5.83. The van der Waals surface area contributed by atoms with Crippen molar-refractivity contribution in [2.24, 2.45) is 0 Å². The molecule has 2 rings (SSSR count). The van der Waals surface area contributed by atoms with Crippen molar-refractivity contribution < 1.29 is 18.0 Å². The number of anilines is 3. The Hall–Kier alpha value is -3.38. The van der Waals surface area contributed by atoms with E-state index in [-0.39, 0.29) is 11.6 Å². The lowest BCUT2D eigenvalue weighted by Crippen LogP contribution is -2.37. The van der Waals surface area contributed by atoms with E-state index in [9.17, 15) is 18.0 Å². The van der Waals surface area contributed by atoms with Crippen LogP contribution in [0.1, 0.15) is 12.5 Å². The molecule has 0 heterocycles. The van der Waals surface area contributed by atoms with Gasteiger partial charge in [0, 0.05) is 18.3 Å². The summed E-state index contributed by atoms with van der Waals surface area (Å²) < 4.78 is 25.3. The number of hydrogen-bond donors (Lipinski definition) is 2. The first-order valence-corrected chi connectivity index (χ1v) is 9.69. The average molecular weight is 386 g/mol. The van der Waals surface area contributed by atoms with Crippen molar-refractivity contribution in [1.82, 2.24) is 0 Å². The first kappa shape index (κ1) is 19.9. The summed E-state index contributed by atoms with van der Waals surface area (Å²) in [5, 5.41) is 13.9. The van der Waals surface area contributed by atoms with Crippen LogP contribution in [0.2, 0.25) is 0 Å². The van der Waals surface area contributed by atoms with Crippen LogP contribution in [-0.2, 0) is 19.6 Å². The fourth-order valence-electron chi connectivity index (χ4n) is 2.30. The lowest BCUT2D eigenvalue weighted by atomic mass is 10.2. The zero-order valence-electron chi connectivity index (χ0n) is 14.8. The molecule has 0 aliphatic carbocycles. The molecule has 2 aromatic rings. The Balaban J connectivity index is 2.20. The van der Waals surface area contributed by atoms with E-state index in [0.29, 0.717) is 16.9 Å². The Bertz CT molecular complexity index is 995. The van der Waals surface area contributed by atoms with E-state index in [0.717, 1.165) is 10.6 Å². The van der Waals surface area contributed by atoms with Gasteiger partial charge in [-0.2, -0.15) is 5.26 Å². The van der Waals surface area contributed by atoms with E-state index in [1.807, 2.05) is 6.07 Å². The van der Waals surface area contributed by atoms with Crippen LogP contribution in [0.15, 0.2) is 48.5 Å². The van der Waals surface area contributed by atoms with Crippen LogP contribution in [0, 0.1) is 11.3 Å². The van der Waals surface area contributed by atoms with Crippen molar-refractivity contribution in [1.29, 1.82) is 5.26 Å². The highest BCUT2D eigenvalue weighted by Gasteiger charge is 2.21. The van der Waals surface area contributed by atoms with Crippen LogP contribution in [0.4, 0.5) is 17.1 Å². The molecule has 2 aromatic carbocycles. The molecule has 27 heavy (non-hydrogen) atoms. The van der Waals surface area contributed by atoms with Gasteiger partial charge in [-0.25, -0.2) is 8.42 Å². The third-order valence-corrected chi connectivity index (χ3v) is 4.58. The number of nitrogens with zero attached hydrogens (tertiary/aromatic N) is 2. The second-order valence-corrected chi connectivity index (χ2v) is 7.65. The Morgan fingerprint density at radius 1 is 1.07 bits per heavy atom. The van der Waals surface area contributed by atoms with Gasteiger partial charge in [-0.1, -0.05) is 6.07 Å². The molecule has 9 heteroatoms. The summed E-state index contributed by atoms with van der Waals surface area (Å²) in [4.78, 5) is 23.5. The van der Waals surface area contributed by atoms with E-state index < -0.39 is 22.5 Å². The molecule has 0 bridgehead atoms. The number of sulfonamides is 1. The van der Waals surface area contributed by atoms with Gasteiger partial charge in [0.25, 0.3) is 0 Å². The maximum absolute atomic E-state index is 12.3. The highest BCUT2D eigenvalue weighted by molar-refractivity contribution is 7.92. The van der Waals surface area contributed by atoms with Crippen molar-refractivity contribution in [3.05, 3.63) is 54.1 Å². The van der Waals surface area contributed by atoms with E-state index in [1.54, 1.807) is 36.4 Å². The van der Waals surface area contributed by atoms with Crippen molar-refractivity contribution >= 4 is 38.9 Å². The minimum absolute atomic E-state index is 0.249. The SMILES string of the molecule is CC(=O)Nc1cccc(N(CC(=O)Nc2ccc(C#N)cc2)S(C)(=O)=O)c1. The molecular weight excluding hydrogens is 368 g/mol. The monoisotopic (exact) mass is 386 g/mol. The Morgan fingerprint density at radius 2 is 1.74 bits per heavy atom. The summed E-state index contributed by atoms with van der Waals surface area (Å²) in [5.74, 6) is -0.841. The first-order chi connectivity index (χ1) is 12.7. The molecular formula is C18H18N4O4S. The van der Waals surface area contributed by atoms with Crippen molar-refractivity contribution in [2.45, 2.75) is 6.92 Å². The molecule has 0 saturated carbocycles. The minimum atomic E-state index is -3.74. The molecule has 0 radical (unpaired) electrons. The van der Waals surface area contributed by atoms with Crippen molar-refractivity contribution in [2.75, 3.05) is 27.7 Å². The summed E-state index contributed by atoms with van der Waals surface area (Å²) in [5.41, 5.74) is 1.56. The Labute approximate surface area is 157 Å². The van der Waals surface area contributed by atoms with Gasteiger partial charge in [-0.15, -0.1) is 0 Å². The third-order valence-electron chi connectivity index (χ3n) is 3.44. The van der Waals surface area contributed by atoms with Crippen LogP contribution in [-0.4, -0.2) is 33.0 Å². The van der Waals surface area contributed by atoms with Crippen molar-refractivity contribution in [3.63, 3.8) is 0 Å². The van der Waals surface area contributed by atoms with Gasteiger partial charge in [0.2, 0.25) is 21.8 Å². The molecule has 0 spiro atoms. The Morgan fingerprint density at radius 3 is 2.30 bits per heavy atom. The van der Waals surface area contributed by atoms with Gasteiger partial charge in [0.05, 0.1) is 23.6 Å². The maximum atomic E-state index is 12.3. The highest BCUT2D eigenvalue weighted by Crippen LogP contribution is 2.22. The van der Waals surface area contributed by atoms with E-state index in [2.05, 4.69) is 10.6 Å². The van der Waals surface area contributed by atoms with Crippen LogP contribution >= 0.6 is 0 Å². The van der Waals surface area contributed by atoms with Crippen LogP contribution in [0.5, 0.6) is 0 Å². The number of nitriles is 1. The quantitative estimate of drug-likeness (QED) is 0.786. The van der Waals surface area contributed by atoms with Crippen LogP contribution in [0.3, 0.4) is 0 Å². The molecule has 2 N–H and O–H groups in total. The number of hydrogen-bond acceptors (Lipinski definition) is 5. The molecule has 2 amide bonds. The average Bonchev–Trinajstić information content (AvgIpc) is 2.59. The van der Waals surface area contributed by atoms with Gasteiger partial charge in [-0.05, 0) is 42.5 Å². The summed E-state index contributed by atoms with van der Waals surface area (Å²) in [6.45, 7) is 0.897. The molecule has 0 aliphatic rings. The normalized spacial score (nSPS) is 10.6. The summed E-state index contributed by atoms with van der Waals surface area (Å²) in [6, 6.07) is 14.4. The fourth-order valence-corrected chi connectivity index (χ4v) is 3.15. The number of benzene rings is 2. The van der Waals surface area contributed by atoms with E-state index >= 15 is 0 Å². The van der Waals surface area contributed by atoms with Crippen LogP contribution in [0.25, 0.3) is 0 Å². The Kier molecular flexibility index (Phi) is 6.15. The van der Waals surface area contributed by atoms with E-state index in [1.165, 1.54) is 19.1 Å². The van der Waals surface area contributed by atoms with Gasteiger partial charge < -0.3 is 10.6 Å². The molecule has 0 fully saturated rings. The smallest absolute Gasteiger partial charge is 0.245 e. The topological polar surface area (TPSA) is 119 Å². The molecule has 140 valence electrons. The lowest BCUT2D eigenvalue weighted by molar-refractivity contribution is -0.115. The first-order valence-electron chi connectivity index (χ1n) is 7.84. The number of carbonyl (C=O) groups excluding carboxylic acids is 2. The second-order valence-electron chi connectivity index (χ2n) is 5.74. The van der Waals surface area contributed by atoms with E-state index in [4.69, 9.17) is 5.26 Å². The summed E-state index contributed by atoms with van der Waals surface area (Å²) >= 11 is 0. The zero-order chi connectivity index (χ0) is 20.0. The number of carbonyl (C=O) groups is 2. The summed E-state index contributed by atoms with van der Waals surface area (Å²) in [7, 11) is -3.74. The molecule has 8 nitrogen and oxygen atoms in total. The van der Waals surface area contributed by atoms with Gasteiger partial charge >= 0.3 is 0 Å². The fraction of sp³-hybridized carbons (Fsp3) is 0.167. The predicted octanol–water partition coefficient (Wildman–Crippen LogP) is 1.92. The number of nitrogens with one attached hydrogen (secondary N) is 2. The molecule has 0 saturated heterocycles. The van der Waals surface area contributed by atoms with Gasteiger partial charge in [-0.3, -0.25) is 13.9 Å². The number of amides is 2. The minimum Gasteiger partial charge on any atom is -0.326 e. The van der Waals surface area contributed by atoms with Crippen LogP contribution < -0.4 is 14.9 Å². The molecule has 0 atom stereocenters. The summed E-state index contributed by atoms with van der Waals surface area (Å²) in [6.07, 6.45) is 0.993. The molecule has 0 aromatic heterocycles. The maximum Gasteiger partial charge on any atom is 0.245 e. The van der Waals surface area contributed by atoms with Gasteiger partial charge in [0.15, 0.2) is 0 Å². The largest absolute Gasteiger partial charge is 0.326 e. The molecule has 0 aliphatic heterocycles. The molecule has 0 unspecified atom stereocenters. The second kappa shape index (κ2) is 8.33. The standard InChI is InChI=1S/C18H18N4O4S/c1-13(23)20-16-4-3-5-17(10-16)22(27(2,25)26)12-18(24)21-15-8-6-14(11-19)7-9-15/h3-10H,12H2,1-2H3,(H,20,23)(H,21,24).